The Kier molecular flexibility index (Phi) is 3.96. The van der Waals surface area contributed by atoms with Gasteiger partial charge in [-0.3, -0.25) is 9.58 Å². The molecule has 1 aromatic rings. The third-order valence-corrected chi connectivity index (χ3v) is 3.06. The Morgan fingerprint density at radius 3 is 2.88 bits per heavy atom. The molecule has 1 aromatic heterocycles. The zero-order valence-electron chi connectivity index (χ0n) is 9.97. The second-order valence-corrected chi connectivity index (χ2v) is 4.65. The average Bonchev–Trinajstić information content (AvgIpc) is 3.02. The normalized spacial score (nSPS) is 15.9. The van der Waals surface area contributed by atoms with Crippen LogP contribution in [0.2, 0.25) is 0 Å². The zero-order valence-corrected chi connectivity index (χ0v) is 9.97. The van der Waals surface area contributed by atoms with Crippen LogP contribution in [0.5, 0.6) is 0 Å². The fourth-order valence-corrected chi connectivity index (χ4v) is 2.05. The molecule has 2 rings (SSSR count). The predicted molar refractivity (Wildman–Crippen MR) is 63.0 cm³/mol. The summed E-state index contributed by atoms with van der Waals surface area (Å²) in [5, 5.41) is 13.0. The maximum Gasteiger partial charge on any atom is 0.0534 e. The minimum Gasteiger partial charge on any atom is -0.396 e. The van der Waals surface area contributed by atoms with Gasteiger partial charge in [-0.2, -0.15) is 5.10 Å². The number of aliphatic hydroxyl groups excluding tert-OH is 1. The van der Waals surface area contributed by atoms with E-state index in [9.17, 15) is 0 Å². The van der Waals surface area contributed by atoms with E-state index < -0.39 is 0 Å². The van der Waals surface area contributed by atoms with Crippen molar-refractivity contribution in [2.75, 3.05) is 13.2 Å². The number of hydrogen-bond donors (Lipinski definition) is 1. The van der Waals surface area contributed by atoms with Gasteiger partial charge in [0, 0.05) is 38.0 Å². The lowest BCUT2D eigenvalue weighted by atomic mass is 10.2. The third kappa shape index (κ3) is 3.32. The van der Waals surface area contributed by atoms with Crippen LogP contribution in [0.3, 0.4) is 0 Å². The molecule has 1 N–H and O–H groups in total. The van der Waals surface area contributed by atoms with E-state index in [-0.39, 0.29) is 0 Å². The Morgan fingerprint density at radius 2 is 2.31 bits per heavy atom. The minimum absolute atomic E-state index is 0.311. The zero-order chi connectivity index (χ0) is 11.4. The van der Waals surface area contributed by atoms with Gasteiger partial charge in [0.25, 0.3) is 0 Å². The monoisotopic (exact) mass is 223 g/mol. The standard InChI is InChI=1S/C12H21N3O/c1-14-9-11(8-13-14)10-15(12-4-5-12)6-2-3-7-16/h8-9,12,16H,2-7,10H2,1H3. The highest BCUT2D eigenvalue weighted by Crippen LogP contribution is 2.28. The molecule has 0 aliphatic heterocycles. The molecule has 0 atom stereocenters. The summed E-state index contributed by atoms with van der Waals surface area (Å²) in [5.74, 6) is 0. The molecule has 0 amide bonds. The van der Waals surface area contributed by atoms with Crippen molar-refractivity contribution in [2.45, 2.75) is 38.3 Å². The summed E-state index contributed by atoms with van der Waals surface area (Å²) in [6.45, 7) is 2.41. The quantitative estimate of drug-likeness (QED) is 0.705. The van der Waals surface area contributed by atoms with Gasteiger partial charge in [-0.1, -0.05) is 0 Å². The molecule has 1 saturated carbocycles. The number of nitrogens with zero attached hydrogens (tertiary/aromatic N) is 3. The van der Waals surface area contributed by atoms with Gasteiger partial charge in [0.2, 0.25) is 0 Å². The smallest absolute Gasteiger partial charge is 0.0534 e. The minimum atomic E-state index is 0.311. The largest absolute Gasteiger partial charge is 0.396 e. The summed E-state index contributed by atoms with van der Waals surface area (Å²) in [7, 11) is 1.96. The van der Waals surface area contributed by atoms with E-state index in [1.165, 1.54) is 18.4 Å². The molecule has 1 aliphatic carbocycles. The average molecular weight is 223 g/mol. The van der Waals surface area contributed by atoms with Crippen LogP contribution in [-0.2, 0) is 13.6 Å². The Hall–Kier alpha value is -0.870. The van der Waals surface area contributed by atoms with Gasteiger partial charge < -0.3 is 5.11 Å². The molecule has 0 aromatic carbocycles. The summed E-state index contributed by atoms with van der Waals surface area (Å²) in [6, 6.07) is 0.777. The van der Waals surface area contributed by atoms with Gasteiger partial charge in [0.1, 0.15) is 0 Å². The van der Waals surface area contributed by atoms with Gasteiger partial charge >= 0.3 is 0 Å². The SMILES string of the molecule is Cn1cc(CN(CCCCO)C2CC2)cn1. The summed E-state index contributed by atoms with van der Waals surface area (Å²) in [5.41, 5.74) is 1.29. The molecular weight excluding hydrogens is 202 g/mol. The van der Waals surface area contributed by atoms with Crippen LogP contribution in [0.15, 0.2) is 12.4 Å². The lowest BCUT2D eigenvalue weighted by molar-refractivity contribution is 0.229. The van der Waals surface area contributed by atoms with Gasteiger partial charge in [0.15, 0.2) is 0 Å². The van der Waals surface area contributed by atoms with E-state index in [1.807, 2.05) is 17.9 Å². The Morgan fingerprint density at radius 1 is 1.50 bits per heavy atom. The molecule has 90 valence electrons. The van der Waals surface area contributed by atoms with Gasteiger partial charge in [-0.15, -0.1) is 0 Å². The predicted octanol–water partition coefficient (Wildman–Crippen LogP) is 1.16. The van der Waals surface area contributed by atoms with Crippen LogP contribution in [0, 0.1) is 0 Å². The molecule has 4 heteroatoms. The van der Waals surface area contributed by atoms with E-state index in [4.69, 9.17) is 5.11 Å². The van der Waals surface area contributed by atoms with Crippen molar-refractivity contribution in [1.29, 1.82) is 0 Å². The topological polar surface area (TPSA) is 41.3 Å². The van der Waals surface area contributed by atoms with E-state index in [0.29, 0.717) is 6.61 Å². The van der Waals surface area contributed by atoms with E-state index in [2.05, 4.69) is 16.2 Å². The van der Waals surface area contributed by atoms with E-state index >= 15 is 0 Å². The highest BCUT2D eigenvalue weighted by atomic mass is 16.2. The Bertz CT molecular complexity index is 320. The first-order chi connectivity index (χ1) is 7.79. The van der Waals surface area contributed by atoms with Crippen LogP contribution in [0.1, 0.15) is 31.2 Å². The van der Waals surface area contributed by atoms with Crippen molar-refractivity contribution in [1.82, 2.24) is 14.7 Å². The molecule has 0 radical (unpaired) electrons. The first kappa shape index (κ1) is 11.6. The van der Waals surface area contributed by atoms with Crippen molar-refractivity contribution < 1.29 is 5.11 Å². The molecule has 0 spiro atoms. The fraction of sp³-hybridized carbons (Fsp3) is 0.750. The Balaban J connectivity index is 1.82. The third-order valence-electron chi connectivity index (χ3n) is 3.06. The molecule has 1 fully saturated rings. The van der Waals surface area contributed by atoms with Crippen LogP contribution in [0.25, 0.3) is 0 Å². The molecule has 16 heavy (non-hydrogen) atoms. The van der Waals surface area contributed by atoms with E-state index in [1.54, 1.807) is 0 Å². The summed E-state index contributed by atoms with van der Waals surface area (Å²) in [6.07, 6.45) is 8.70. The summed E-state index contributed by atoms with van der Waals surface area (Å²) in [4.78, 5) is 2.52. The highest BCUT2D eigenvalue weighted by Gasteiger charge is 2.28. The lowest BCUT2D eigenvalue weighted by Gasteiger charge is -2.20. The number of aromatic nitrogens is 2. The number of hydrogen-bond acceptors (Lipinski definition) is 3. The van der Waals surface area contributed by atoms with Gasteiger partial charge in [0.05, 0.1) is 6.20 Å². The summed E-state index contributed by atoms with van der Waals surface area (Å²) >= 11 is 0. The molecule has 1 heterocycles. The number of aryl methyl sites for hydroxylation is 1. The van der Waals surface area contributed by atoms with Crippen molar-refractivity contribution >= 4 is 0 Å². The molecule has 0 unspecified atom stereocenters. The second kappa shape index (κ2) is 5.46. The molecule has 0 bridgehead atoms. The van der Waals surface area contributed by atoms with Crippen molar-refractivity contribution in [3.05, 3.63) is 18.0 Å². The van der Waals surface area contributed by atoms with Gasteiger partial charge in [-0.25, -0.2) is 0 Å². The van der Waals surface area contributed by atoms with Gasteiger partial charge in [-0.05, 0) is 32.2 Å². The van der Waals surface area contributed by atoms with Crippen LogP contribution < -0.4 is 0 Å². The maximum atomic E-state index is 8.79. The van der Waals surface area contributed by atoms with Crippen molar-refractivity contribution in [3.8, 4) is 0 Å². The van der Waals surface area contributed by atoms with Crippen LogP contribution in [0.4, 0.5) is 0 Å². The summed E-state index contributed by atoms with van der Waals surface area (Å²) < 4.78 is 1.86. The van der Waals surface area contributed by atoms with Crippen LogP contribution in [-0.4, -0.2) is 39.0 Å². The maximum absolute atomic E-state index is 8.79. The molecular formula is C12H21N3O. The number of aliphatic hydroxyl groups is 1. The first-order valence-corrected chi connectivity index (χ1v) is 6.12. The lowest BCUT2D eigenvalue weighted by Crippen LogP contribution is -2.26. The van der Waals surface area contributed by atoms with Crippen molar-refractivity contribution in [3.63, 3.8) is 0 Å². The highest BCUT2D eigenvalue weighted by molar-refractivity contribution is 5.04. The van der Waals surface area contributed by atoms with Crippen LogP contribution >= 0.6 is 0 Å². The Labute approximate surface area is 96.9 Å². The molecule has 4 nitrogen and oxygen atoms in total. The number of unbranched alkanes of at least 4 members (excludes halogenated alkanes) is 1. The first-order valence-electron chi connectivity index (χ1n) is 6.12. The number of rotatable bonds is 7. The second-order valence-electron chi connectivity index (χ2n) is 4.65. The molecule has 1 aliphatic rings. The van der Waals surface area contributed by atoms with Crippen molar-refractivity contribution in [2.24, 2.45) is 7.05 Å². The van der Waals surface area contributed by atoms with E-state index in [0.717, 1.165) is 32.0 Å². The fourth-order valence-electron chi connectivity index (χ4n) is 2.05. The molecule has 0 saturated heterocycles.